The largest absolute Gasteiger partial charge is 0.480 e. The van der Waals surface area contributed by atoms with Crippen LogP contribution >= 0.6 is 0 Å². The Morgan fingerprint density at radius 2 is 2.12 bits per heavy atom. The predicted octanol–water partition coefficient (Wildman–Crippen LogP) is 0.798. The van der Waals surface area contributed by atoms with Gasteiger partial charge in [-0.15, -0.1) is 0 Å². The van der Waals surface area contributed by atoms with Crippen LogP contribution in [0.5, 0.6) is 0 Å². The molecular weight excluding hydrogens is 220 g/mol. The number of rotatable bonds is 10. The average molecular weight is 246 g/mol. The van der Waals surface area contributed by atoms with Crippen LogP contribution in [0.3, 0.4) is 0 Å². The number of ether oxygens (including phenoxy) is 1. The van der Waals surface area contributed by atoms with E-state index in [1.165, 1.54) is 0 Å². The molecule has 0 radical (unpaired) electrons. The van der Waals surface area contributed by atoms with E-state index in [9.17, 15) is 9.90 Å². The van der Waals surface area contributed by atoms with E-state index < -0.39 is 11.5 Å². The molecule has 0 spiro atoms. The van der Waals surface area contributed by atoms with Crippen LogP contribution in [0.15, 0.2) is 0 Å². The molecule has 0 heterocycles. The Morgan fingerprint density at radius 1 is 1.47 bits per heavy atom. The van der Waals surface area contributed by atoms with Crippen molar-refractivity contribution in [2.75, 3.05) is 39.9 Å². The highest BCUT2D eigenvalue weighted by molar-refractivity contribution is 5.78. The Morgan fingerprint density at radius 3 is 2.59 bits per heavy atom. The van der Waals surface area contributed by atoms with E-state index in [2.05, 4.69) is 5.32 Å². The number of carboxylic acids is 1. The molecule has 0 amide bonds. The summed E-state index contributed by atoms with van der Waals surface area (Å²) in [6.45, 7) is 8.94. The van der Waals surface area contributed by atoms with Gasteiger partial charge in [0.15, 0.2) is 0 Å². The molecule has 0 aliphatic heterocycles. The lowest BCUT2D eigenvalue weighted by Crippen LogP contribution is -2.56. The van der Waals surface area contributed by atoms with Crippen molar-refractivity contribution in [3.63, 3.8) is 0 Å². The summed E-state index contributed by atoms with van der Waals surface area (Å²) in [7, 11) is 1.91. The third-order valence-electron chi connectivity index (χ3n) is 2.64. The van der Waals surface area contributed by atoms with Gasteiger partial charge >= 0.3 is 5.97 Å². The molecule has 17 heavy (non-hydrogen) atoms. The van der Waals surface area contributed by atoms with Gasteiger partial charge in [-0.25, -0.2) is 0 Å². The first kappa shape index (κ1) is 16.4. The number of hydrogen-bond acceptors (Lipinski definition) is 4. The van der Waals surface area contributed by atoms with Crippen LogP contribution in [-0.4, -0.2) is 61.4 Å². The molecule has 0 fully saturated rings. The molecule has 0 aliphatic carbocycles. The minimum Gasteiger partial charge on any atom is -0.480 e. The van der Waals surface area contributed by atoms with Crippen molar-refractivity contribution < 1.29 is 14.6 Å². The number of carbonyl (C=O) groups is 1. The third-order valence-corrected chi connectivity index (χ3v) is 2.64. The maximum atomic E-state index is 11.3. The second-order valence-electron chi connectivity index (χ2n) is 4.50. The van der Waals surface area contributed by atoms with Gasteiger partial charge in [-0.2, -0.15) is 0 Å². The van der Waals surface area contributed by atoms with E-state index >= 15 is 0 Å². The first-order valence-electron chi connectivity index (χ1n) is 6.21. The molecule has 5 heteroatoms. The van der Waals surface area contributed by atoms with Crippen molar-refractivity contribution >= 4 is 5.97 Å². The maximum absolute atomic E-state index is 11.3. The molecule has 0 rings (SSSR count). The summed E-state index contributed by atoms with van der Waals surface area (Å²) in [5, 5.41) is 12.3. The van der Waals surface area contributed by atoms with Crippen LogP contribution in [0.4, 0.5) is 0 Å². The van der Waals surface area contributed by atoms with Gasteiger partial charge in [0.25, 0.3) is 0 Å². The van der Waals surface area contributed by atoms with Crippen LogP contribution in [0.1, 0.15) is 27.2 Å². The van der Waals surface area contributed by atoms with Crippen LogP contribution in [0.2, 0.25) is 0 Å². The van der Waals surface area contributed by atoms with Crippen molar-refractivity contribution in [2.24, 2.45) is 0 Å². The summed E-state index contributed by atoms with van der Waals surface area (Å²) in [5.41, 5.74) is -0.892. The van der Waals surface area contributed by atoms with Gasteiger partial charge in [0.05, 0.1) is 6.61 Å². The van der Waals surface area contributed by atoms with Gasteiger partial charge in [-0.3, -0.25) is 4.79 Å². The SMILES string of the molecule is CCCNC(C)(CN(C)CCOCC)C(=O)O. The van der Waals surface area contributed by atoms with E-state index in [4.69, 9.17) is 4.74 Å². The molecule has 0 aromatic rings. The summed E-state index contributed by atoms with van der Waals surface area (Å²) >= 11 is 0. The van der Waals surface area contributed by atoms with Gasteiger partial charge in [0, 0.05) is 19.7 Å². The van der Waals surface area contributed by atoms with Gasteiger partial charge in [-0.05, 0) is 33.9 Å². The van der Waals surface area contributed by atoms with Crippen LogP contribution in [0, 0.1) is 0 Å². The Labute approximate surface area is 104 Å². The second kappa shape index (κ2) is 8.44. The first-order chi connectivity index (χ1) is 7.96. The molecular formula is C12H26N2O3. The van der Waals surface area contributed by atoms with Gasteiger partial charge in [0.1, 0.15) is 5.54 Å². The lowest BCUT2D eigenvalue weighted by Gasteiger charge is -2.31. The quantitative estimate of drug-likeness (QED) is 0.558. The smallest absolute Gasteiger partial charge is 0.324 e. The maximum Gasteiger partial charge on any atom is 0.324 e. The summed E-state index contributed by atoms with van der Waals surface area (Å²) in [6.07, 6.45) is 0.922. The standard InChI is InChI=1S/C12H26N2O3/c1-5-7-13-12(3,11(15)16)10-14(4)8-9-17-6-2/h13H,5-10H2,1-4H3,(H,15,16). The number of carboxylic acid groups (broad SMARTS) is 1. The topological polar surface area (TPSA) is 61.8 Å². The van der Waals surface area contributed by atoms with Crippen molar-refractivity contribution in [3.8, 4) is 0 Å². The van der Waals surface area contributed by atoms with E-state index in [1.54, 1.807) is 6.92 Å². The molecule has 0 saturated heterocycles. The number of nitrogens with one attached hydrogen (secondary N) is 1. The molecule has 5 nitrogen and oxygen atoms in total. The number of aliphatic carboxylic acids is 1. The molecule has 0 aromatic heterocycles. The van der Waals surface area contributed by atoms with Crippen molar-refractivity contribution in [1.29, 1.82) is 0 Å². The Kier molecular flexibility index (Phi) is 8.12. The average Bonchev–Trinajstić information content (AvgIpc) is 2.26. The molecule has 0 aliphatic rings. The van der Waals surface area contributed by atoms with Crippen molar-refractivity contribution in [3.05, 3.63) is 0 Å². The van der Waals surface area contributed by atoms with Crippen molar-refractivity contribution in [1.82, 2.24) is 10.2 Å². The van der Waals surface area contributed by atoms with Crippen LogP contribution < -0.4 is 5.32 Å². The zero-order valence-corrected chi connectivity index (χ0v) is 11.5. The molecule has 0 aromatic carbocycles. The summed E-state index contributed by atoms with van der Waals surface area (Å²) in [6, 6.07) is 0. The fourth-order valence-corrected chi connectivity index (χ4v) is 1.58. The molecule has 2 N–H and O–H groups in total. The number of likely N-dealkylation sites (N-methyl/N-ethyl adjacent to an activating group) is 1. The van der Waals surface area contributed by atoms with E-state index in [-0.39, 0.29) is 0 Å². The molecule has 102 valence electrons. The minimum atomic E-state index is -0.892. The number of hydrogen-bond donors (Lipinski definition) is 2. The number of nitrogens with zero attached hydrogens (tertiary/aromatic N) is 1. The third kappa shape index (κ3) is 6.61. The zero-order chi connectivity index (χ0) is 13.3. The molecule has 0 saturated carbocycles. The predicted molar refractivity (Wildman–Crippen MR) is 68.3 cm³/mol. The van der Waals surface area contributed by atoms with Crippen molar-refractivity contribution in [2.45, 2.75) is 32.7 Å². The lowest BCUT2D eigenvalue weighted by atomic mass is 10.0. The van der Waals surface area contributed by atoms with E-state index in [0.29, 0.717) is 26.3 Å². The zero-order valence-electron chi connectivity index (χ0n) is 11.5. The van der Waals surface area contributed by atoms with Gasteiger partial charge in [0.2, 0.25) is 0 Å². The highest BCUT2D eigenvalue weighted by atomic mass is 16.5. The van der Waals surface area contributed by atoms with Crippen LogP contribution in [-0.2, 0) is 9.53 Å². The fourth-order valence-electron chi connectivity index (χ4n) is 1.58. The Hall–Kier alpha value is -0.650. The van der Waals surface area contributed by atoms with Crippen LogP contribution in [0.25, 0.3) is 0 Å². The Bertz CT molecular complexity index is 224. The normalized spacial score (nSPS) is 14.9. The highest BCUT2D eigenvalue weighted by Crippen LogP contribution is 2.06. The lowest BCUT2D eigenvalue weighted by molar-refractivity contribution is -0.145. The van der Waals surface area contributed by atoms with Gasteiger partial charge < -0.3 is 20.1 Å². The van der Waals surface area contributed by atoms with E-state index in [1.807, 2.05) is 25.8 Å². The highest BCUT2D eigenvalue weighted by Gasteiger charge is 2.33. The monoisotopic (exact) mass is 246 g/mol. The molecule has 1 atom stereocenters. The minimum absolute atomic E-state index is 0.468. The Balaban J connectivity index is 4.18. The fraction of sp³-hybridized carbons (Fsp3) is 0.917. The summed E-state index contributed by atoms with van der Waals surface area (Å²) < 4.78 is 5.25. The summed E-state index contributed by atoms with van der Waals surface area (Å²) in [5.74, 6) is -0.811. The van der Waals surface area contributed by atoms with Gasteiger partial charge in [-0.1, -0.05) is 6.92 Å². The molecule has 1 unspecified atom stereocenters. The first-order valence-corrected chi connectivity index (χ1v) is 6.21. The molecule has 0 bridgehead atoms. The van der Waals surface area contributed by atoms with E-state index in [0.717, 1.165) is 13.0 Å². The summed E-state index contributed by atoms with van der Waals surface area (Å²) in [4.78, 5) is 13.3. The second-order valence-corrected chi connectivity index (χ2v) is 4.50.